The average molecular weight is 376 g/mol. The molecular weight excluding hydrogens is 352 g/mol. The maximum atomic E-state index is 12.5. The summed E-state index contributed by atoms with van der Waals surface area (Å²) in [7, 11) is 0. The Morgan fingerprint density at radius 3 is 2.32 bits per heavy atom. The minimum absolute atomic E-state index is 0.00463. The molecular formula is C21H24N6O. The van der Waals surface area contributed by atoms with Crippen LogP contribution in [0.15, 0.2) is 67.3 Å². The first-order valence-corrected chi connectivity index (χ1v) is 9.51. The van der Waals surface area contributed by atoms with Crippen LogP contribution in [0.5, 0.6) is 0 Å². The smallest absolute Gasteiger partial charge is 0.317 e. The number of aromatic nitrogens is 3. The van der Waals surface area contributed by atoms with Crippen molar-refractivity contribution in [1.29, 1.82) is 0 Å². The van der Waals surface area contributed by atoms with Crippen molar-refractivity contribution in [2.45, 2.75) is 13.1 Å². The molecule has 0 aliphatic carbocycles. The van der Waals surface area contributed by atoms with Crippen LogP contribution in [0.1, 0.15) is 11.1 Å². The molecule has 2 amide bonds. The Balaban J connectivity index is 1.23. The number of nitrogens with one attached hydrogen (secondary N) is 1. The summed E-state index contributed by atoms with van der Waals surface area (Å²) in [6.07, 6.45) is 7.33. The van der Waals surface area contributed by atoms with Gasteiger partial charge < -0.3 is 15.1 Å². The van der Waals surface area contributed by atoms with Gasteiger partial charge >= 0.3 is 6.03 Å². The fraction of sp³-hybridized carbons (Fsp3) is 0.286. The zero-order chi connectivity index (χ0) is 19.2. The zero-order valence-electron chi connectivity index (χ0n) is 15.7. The van der Waals surface area contributed by atoms with Crippen LogP contribution >= 0.6 is 0 Å². The summed E-state index contributed by atoms with van der Waals surface area (Å²) >= 11 is 0. The molecule has 1 aromatic carbocycles. The Morgan fingerprint density at radius 2 is 1.64 bits per heavy atom. The normalized spacial score (nSPS) is 14.1. The summed E-state index contributed by atoms with van der Waals surface area (Å²) in [6.45, 7) is 4.39. The molecule has 1 fully saturated rings. The summed E-state index contributed by atoms with van der Waals surface area (Å²) in [5.41, 5.74) is 3.43. The third kappa shape index (κ3) is 4.49. The van der Waals surface area contributed by atoms with Gasteiger partial charge in [-0.05, 0) is 29.3 Å². The third-order valence-electron chi connectivity index (χ3n) is 4.97. The highest BCUT2D eigenvalue weighted by Gasteiger charge is 2.20. The van der Waals surface area contributed by atoms with Gasteiger partial charge in [0.05, 0.1) is 6.54 Å². The topological polar surface area (TPSA) is 66.3 Å². The molecule has 28 heavy (non-hydrogen) atoms. The minimum atomic E-state index is -0.00463. The van der Waals surface area contributed by atoms with Gasteiger partial charge in [0, 0.05) is 63.2 Å². The molecule has 0 atom stereocenters. The number of benzene rings is 1. The Hall–Kier alpha value is -3.35. The molecule has 7 heteroatoms. The molecule has 3 heterocycles. The SMILES string of the molecule is O=C(NCc1ccc(Cn2cccn2)cc1)N1CCN(c2ccncc2)CC1. The standard InChI is InChI=1S/C21H24N6O/c28-21(26-14-12-25(13-15-26)20-6-9-22-10-7-20)23-16-18-2-4-19(5-3-18)17-27-11-1-8-24-27/h1-11H,12-17H2,(H,23,28). The summed E-state index contributed by atoms with van der Waals surface area (Å²) < 4.78 is 1.89. The maximum Gasteiger partial charge on any atom is 0.317 e. The molecule has 1 N–H and O–H groups in total. The van der Waals surface area contributed by atoms with Gasteiger partial charge in [0.1, 0.15) is 0 Å². The van der Waals surface area contributed by atoms with Crippen LogP contribution in [-0.2, 0) is 13.1 Å². The number of hydrogen-bond acceptors (Lipinski definition) is 4. The molecule has 3 aromatic rings. The molecule has 2 aromatic heterocycles. The van der Waals surface area contributed by atoms with E-state index < -0.39 is 0 Å². The Morgan fingerprint density at radius 1 is 0.929 bits per heavy atom. The van der Waals surface area contributed by atoms with Crippen LogP contribution in [0.3, 0.4) is 0 Å². The number of urea groups is 1. The highest BCUT2D eigenvalue weighted by molar-refractivity contribution is 5.74. The molecule has 0 saturated carbocycles. The third-order valence-corrected chi connectivity index (χ3v) is 4.97. The average Bonchev–Trinajstić information content (AvgIpc) is 3.27. The monoisotopic (exact) mass is 376 g/mol. The van der Waals surface area contributed by atoms with Crippen LogP contribution in [0, 0.1) is 0 Å². The number of hydrogen-bond donors (Lipinski definition) is 1. The Labute approximate surface area is 164 Å². The predicted molar refractivity (Wildman–Crippen MR) is 108 cm³/mol. The van der Waals surface area contributed by atoms with E-state index in [1.165, 1.54) is 5.56 Å². The van der Waals surface area contributed by atoms with E-state index in [1.54, 1.807) is 18.6 Å². The quantitative estimate of drug-likeness (QED) is 0.742. The van der Waals surface area contributed by atoms with Gasteiger partial charge in [0.2, 0.25) is 0 Å². The van der Waals surface area contributed by atoms with E-state index in [0.717, 1.165) is 44.0 Å². The molecule has 4 rings (SSSR count). The summed E-state index contributed by atoms with van der Waals surface area (Å²) in [5, 5.41) is 7.25. The number of piperazine rings is 1. The highest BCUT2D eigenvalue weighted by Crippen LogP contribution is 2.15. The molecule has 0 spiro atoms. The molecule has 1 aliphatic heterocycles. The molecule has 0 radical (unpaired) electrons. The van der Waals surface area contributed by atoms with Gasteiger partial charge in [-0.3, -0.25) is 9.67 Å². The van der Waals surface area contributed by atoms with Crippen molar-refractivity contribution >= 4 is 11.7 Å². The van der Waals surface area contributed by atoms with Crippen molar-refractivity contribution < 1.29 is 4.79 Å². The van der Waals surface area contributed by atoms with Crippen LogP contribution in [0.25, 0.3) is 0 Å². The van der Waals surface area contributed by atoms with Gasteiger partial charge in [0.25, 0.3) is 0 Å². The number of carbonyl (C=O) groups is 1. The van der Waals surface area contributed by atoms with Crippen molar-refractivity contribution in [3.8, 4) is 0 Å². The van der Waals surface area contributed by atoms with Gasteiger partial charge in [-0.1, -0.05) is 24.3 Å². The Kier molecular flexibility index (Phi) is 5.51. The molecule has 0 unspecified atom stereocenters. The fourth-order valence-electron chi connectivity index (χ4n) is 3.36. The zero-order valence-corrected chi connectivity index (χ0v) is 15.7. The summed E-state index contributed by atoms with van der Waals surface area (Å²) in [5.74, 6) is 0. The number of amides is 2. The first-order chi connectivity index (χ1) is 13.8. The van der Waals surface area contributed by atoms with E-state index in [0.29, 0.717) is 6.54 Å². The second-order valence-electron chi connectivity index (χ2n) is 6.86. The summed E-state index contributed by atoms with van der Waals surface area (Å²) in [4.78, 5) is 20.7. The van der Waals surface area contributed by atoms with Crippen molar-refractivity contribution in [3.05, 3.63) is 78.4 Å². The molecule has 1 aliphatic rings. The van der Waals surface area contributed by atoms with Gasteiger partial charge in [-0.25, -0.2) is 4.79 Å². The lowest BCUT2D eigenvalue weighted by Crippen LogP contribution is -2.51. The lowest BCUT2D eigenvalue weighted by Gasteiger charge is -2.36. The Bertz CT molecular complexity index is 871. The van der Waals surface area contributed by atoms with Gasteiger partial charge in [-0.2, -0.15) is 5.10 Å². The number of pyridine rings is 1. The lowest BCUT2D eigenvalue weighted by molar-refractivity contribution is 0.194. The van der Waals surface area contributed by atoms with E-state index in [9.17, 15) is 4.79 Å². The fourth-order valence-corrected chi connectivity index (χ4v) is 3.36. The predicted octanol–water partition coefficient (Wildman–Crippen LogP) is 2.36. The molecule has 7 nitrogen and oxygen atoms in total. The van der Waals surface area contributed by atoms with Crippen molar-refractivity contribution in [3.63, 3.8) is 0 Å². The molecule has 144 valence electrons. The second kappa shape index (κ2) is 8.56. The van der Waals surface area contributed by atoms with E-state index in [2.05, 4.69) is 44.6 Å². The highest BCUT2D eigenvalue weighted by atomic mass is 16.2. The van der Waals surface area contributed by atoms with Crippen LogP contribution in [0.4, 0.5) is 10.5 Å². The molecule has 1 saturated heterocycles. The second-order valence-corrected chi connectivity index (χ2v) is 6.86. The van der Waals surface area contributed by atoms with E-state index in [-0.39, 0.29) is 6.03 Å². The van der Waals surface area contributed by atoms with Crippen LogP contribution in [0.2, 0.25) is 0 Å². The van der Waals surface area contributed by atoms with Crippen molar-refractivity contribution in [2.75, 3.05) is 31.1 Å². The minimum Gasteiger partial charge on any atom is -0.368 e. The maximum absolute atomic E-state index is 12.5. The number of nitrogens with zero attached hydrogens (tertiary/aromatic N) is 5. The van der Waals surface area contributed by atoms with Gasteiger partial charge in [-0.15, -0.1) is 0 Å². The van der Waals surface area contributed by atoms with E-state index in [1.807, 2.05) is 34.0 Å². The van der Waals surface area contributed by atoms with E-state index in [4.69, 9.17) is 0 Å². The van der Waals surface area contributed by atoms with Crippen LogP contribution < -0.4 is 10.2 Å². The van der Waals surface area contributed by atoms with Gasteiger partial charge in [0.15, 0.2) is 0 Å². The first kappa shape index (κ1) is 18.0. The number of rotatable bonds is 5. The van der Waals surface area contributed by atoms with E-state index >= 15 is 0 Å². The first-order valence-electron chi connectivity index (χ1n) is 9.51. The largest absolute Gasteiger partial charge is 0.368 e. The summed E-state index contributed by atoms with van der Waals surface area (Å²) in [6, 6.07) is 14.2. The van der Waals surface area contributed by atoms with Crippen molar-refractivity contribution in [2.24, 2.45) is 0 Å². The number of anilines is 1. The van der Waals surface area contributed by atoms with Crippen molar-refractivity contribution in [1.82, 2.24) is 25.0 Å². The van der Waals surface area contributed by atoms with Crippen LogP contribution in [-0.4, -0.2) is 51.9 Å². The number of carbonyl (C=O) groups excluding carboxylic acids is 1. The molecule has 0 bridgehead atoms. The lowest BCUT2D eigenvalue weighted by atomic mass is 10.1.